The summed E-state index contributed by atoms with van der Waals surface area (Å²) in [5.74, 6) is 0.622. The van der Waals surface area contributed by atoms with Gasteiger partial charge in [-0.25, -0.2) is 8.42 Å². The SMILES string of the molecule is COc1ccc(OC)c(S(=O)(=O)Nc2ccc(OC)c(O)c2)c1. The molecule has 0 amide bonds. The van der Waals surface area contributed by atoms with Crippen LogP contribution in [0.15, 0.2) is 41.3 Å². The van der Waals surface area contributed by atoms with E-state index in [-0.39, 0.29) is 27.8 Å². The Hall–Kier alpha value is -2.61. The molecule has 0 spiro atoms. The zero-order chi connectivity index (χ0) is 17.0. The highest BCUT2D eigenvalue weighted by atomic mass is 32.2. The average Bonchev–Trinajstić information content (AvgIpc) is 2.54. The number of rotatable bonds is 6. The first kappa shape index (κ1) is 16.8. The first-order valence-electron chi connectivity index (χ1n) is 6.53. The minimum Gasteiger partial charge on any atom is -0.504 e. The topological polar surface area (TPSA) is 94.1 Å². The molecule has 7 nitrogen and oxygen atoms in total. The number of phenols is 1. The maximum atomic E-state index is 12.6. The molecular weight excluding hydrogens is 322 g/mol. The predicted molar refractivity (Wildman–Crippen MR) is 85.0 cm³/mol. The van der Waals surface area contributed by atoms with Crippen molar-refractivity contribution in [3.63, 3.8) is 0 Å². The summed E-state index contributed by atoms with van der Waals surface area (Å²) < 4.78 is 42.5. The summed E-state index contributed by atoms with van der Waals surface area (Å²) in [6.45, 7) is 0. The molecule has 0 fully saturated rings. The highest BCUT2D eigenvalue weighted by Gasteiger charge is 2.21. The molecule has 124 valence electrons. The van der Waals surface area contributed by atoms with Crippen LogP contribution in [-0.2, 0) is 10.0 Å². The fraction of sp³-hybridized carbons (Fsp3) is 0.200. The normalized spacial score (nSPS) is 10.9. The molecular formula is C15H17NO6S. The molecule has 8 heteroatoms. The van der Waals surface area contributed by atoms with Crippen molar-refractivity contribution < 1.29 is 27.7 Å². The summed E-state index contributed by atoms with van der Waals surface area (Å²) in [6, 6.07) is 8.63. The van der Waals surface area contributed by atoms with E-state index in [1.807, 2.05) is 0 Å². The van der Waals surface area contributed by atoms with Gasteiger partial charge in [-0.1, -0.05) is 0 Å². The van der Waals surface area contributed by atoms with Gasteiger partial charge in [0.2, 0.25) is 0 Å². The van der Waals surface area contributed by atoms with Crippen LogP contribution in [0, 0.1) is 0 Å². The summed E-state index contributed by atoms with van der Waals surface area (Å²) >= 11 is 0. The number of aromatic hydroxyl groups is 1. The van der Waals surface area contributed by atoms with Crippen LogP contribution in [0.1, 0.15) is 0 Å². The summed E-state index contributed by atoms with van der Waals surface area (Å²) in [7, 11) is 0.284. The number of methoxy groups -OCH3 is 3. The second kappa shape index (κ2) is 6.66. The van der Waals surface area contributed by atoms with E-state index < -0.39 is 10.0 Å². The number of nitrogens with one attached hydrogen (secondary N) is 1. The average molecular weight is 339 g/mol. The quantitative estimate of drug-likeness (QED) is 0.838. The van der Waals surface area contributed by atoms with Crippen LogP contribution in [0.2, 0.25) is 0 Å². The Balaban J connectivity index is 2.41. The van der Waals surface area contributed by atoms with Gasteiger partial charge >= 0.3 is 0 Å². The van der Waals surface area contributed by atoms with E-state index >= 15 is 0 Å². The lowest BCUT2D eigenvalue weighted by atomic mass is 10.3. The smallest absolute Gasteiger partial charge is 0.265 e. The van der Waals surface area contributed by atoms with Gasteiger partial charge in [0.05, 0.1) is 27.0 Å². The summed E-state index contributed by atoms with van der Waals surface area (Å²) in [5, 5.41) is 9.74. The molecule has 2 rings (SSSR count). The minimum absolute atomic E-state index is 0.0744. The Morgan fingerprint density at radius 1 is 0.913 bits per heavy atom. The van der Waals surface area contributed by atoms with Gasteiger partial charge in [-0.3, -0.25) is 4.72 Å². The number of phenolic OH excluding ortho intramolecular Hbond substituents is 1. The molecule has 0 bridgehead atoms. The van der Waals surface area contributed by atoms with Gasteiger partial charge in [-0.05, 0) is 24.3 Å². The van der Waals surface area contributed by atoms with Gasteiger partial charge < -0.3 is 19.3 Å². The molecule has 0 aromatic heterocycles. The highest BCUT2D eigenvalue weighted by Crippen LogP contribution is 2.32. The zero-order valence-electron chi connectivity index (χ0n) is 12.9. The number of benzene rings is 2. The Kier molecular flexibility index (Phi) is 4.85. The summed E-state index contributed by atoms with van der Waals surface area (Å²) in [4.78, 5) is -0.0744. The van der Waals surface area contributed by atoms with E-state index in [4.69, 9.17) is 14.2 Å². The Morgan fingerprint density at radius 3 is 2.13 bits per heavy atom. The van der Waals surface area contributed by atoms with Gasteiger partial charge in [0, 0.05) is 12.1 Å². The molecule has 0 saturated heterocycles. The zero-order valence-corrected chi connectivity index (χ0v) is 13.7. The fourth-order valence-corrected chi connectivity index (χ4v) is 3.19. The van der Waals surface area contributed by atoms with Crippen molar-refractivity contribution in [2.45, 2.75) is 4.90 Å². The first-order valence-corrected chi connectivity index (χ1v) is 8.01. The molecule has 2 aromatic carbocycles. The van der Waals surface area contributed by atoms with E-state index in [0.29, 0.717) is 5.75 Å². The number of sulfonamides is 1. The van der Waals surface area contributed by atoms with E-state index in [1.165, 1.54) is 51.7 Å². The van der Waals surface area contributed by atoms with Gasteiger partial charge in [0.1, 0.15) is 16.4 Å². The second-order valence-corrected chi connectivity index (χ2v) is 6.16. The molecule has 0 atom stereocenters. The lowest BCUT2D eigenvalue weighted by molar-refractivity contribution is 0.373. The van der Waals surface area contributed by atoms with Crippen molar-refractivity contribution in [3.05, 3.63) is 36.4 Å². The third kappa shape index (κ3) is 3.59. The molecule has 0 aliphatic heterocycles. The Morgan fingerprint density at radius 2 is 1.57 bits per heavy atom. The van der Waals surface area contributed by atoms with Gasteiger partial charge in [-0.15, -0.1) is 0 Å². The molecule has 0 saturated carbocycles. The van der Waals surface area contributed by atoms with Crippen molar-refractivity contribution in [1.82, 2.24) is 0 Å². The van der Waals surface area contributed by atoms with Crippen LogP contribution >= 0.6 is 0 Å². The van der Waals surface area contributed by atoms with Crippen LogP contribution in [0.5, 0.6) is 23.0 Å². The fourth-order valence-electron chi connectivity index (χ4n) is 1.96. The summed E-state index contributed by atoms with van der Waals surface area (Å²) in [6.07, 6.45) is 0. The lowest BCUT2D eigenvalue weighted by Gasteiger charge is -2.13. The van der Waals surface area contributed by atoms with Crippen LogP contribution in [0.3, 0.4) is 0 Å². The van der Waals surface area contributed by atoms with Crippen molar-refractivity contribution in [1.29, 1.82) is 0 Å². The molecule has 0 heterocycles. The number of anilines is 1. The van der Waals surface area contributed by atoms with Crippen LogP contribution in [0.25, 0.3) is 0 Å². The van der Waals surface area contributed by atoms with E-state index in [1.54, 1.807) is 6.07 Å². The maximum Gasteiger partial charge on any atom is 0.265 e. The molecule has 0 aliphatic rings. The first-order chi connectivity index (χ1) is 10.9. The van der Waals surface area contributed by atoms with Crippen molar-refractivity contribution in [2.75, 3.05) is 26.1 Å². The van der Waals surface area contributed by atoms with Crippen LogP contribution < -0.4 is 18.9 Å². The second-order valence-electron chi connectivity index (χ2n) is 4.51. The minimum atomic E-state index is -3.93. The van der Waals surface area contributed by atoms with E-state index in [2.05, 4.69) is 4.72 Å². The molecule has 0 aliphatic carbocycles. The van der Waals surface area contributed by atoms with Crippen molar-refractivity contribution >= 4 is 15.7 Å². The van der Waals surface area contributed by atoms with Crippen molar-refractivity contribution in [3.8, 4) is 23.0 Å². The van der Waals surface area contributed by atoms with Crippen LogP contribution in [-0.4, -0.2) is 34.9 Å². The third-order valence-electron chi connectivity index (χ3n) is 3.09. The highest BCUT2D eigenvalue weighted by molar-refractivity contribution is 7.92. The molecule has 0 radical (unpaired) electrons. The monoisotopic (exact) mass is 339 g/mol. The van der Waals surface area contributed by atoms with E-state index in [9.17, 15) is 13.5 Å². The van der Waals surface area contributed by atoms with Gasteiger partial charge in [-0.2, -0.15) is 0 Å². The molecule has 2 aromatic rings. The van der Waals surface area contributed by atoms with Crippen molar-refractivity contribution in [2.24, 2.45) is 0 Å². The van der Waals surface area contributed by atoms with Gasteiger partial charge in [0.15, 0.2) is 11.5 Å². The number of ether oxygens (including phenoxy) is 3. The number of hydrogen-bond donors (Lipinski definition) is 2. The third-order valence-corrected chi connectivity index (χ3v) is 4.49. The number of hydrogen-bond acceptors (Lipinski definition) is 6. The molecule has 2 N–H and O–H groups in total. The standard InChI is InChI=1S/C15H17NO6S/c1-20-11-5-7-14(22-3)15(9-11)23(18,19)16-10-4-6-13(21-2)12(17)8-10/h4-9,16-17H,1-3H3. The Bertz CT molecular complexity index is 804. The van der Waals surface area contributed by atoms with Gasteiger partial charge in [0.25, 0.3) is 10.0 Å². The largest absolute Gasteiger partial charge is 0.504 e. The molecule has 23 heavy (non-hydrogen) atoms. The summed E-state index contributed by atoms with van der Waals surface area (Å²) in [5.41, 5.74) is 0.188. The van der Waals surface area contributed by atoms with Crippen LogP contribution in [0.4, 0.5) is 5.69 Å². The lowest BCUT2D eigenvalue weighted by Crippen LogP contribution is -2.14. The van der Waals surface area contributed by atoms with E-state index in [0.717, 1.165) is 0 Å². The molecule has 0 unspecified atom stereocenters. The Labute approximate surface area is 134 Å². The predicted octanol–water partition coefficient (Wildman–Crippen LogP) is 2.22. The maximum absolute atomic E-state index is 12.6.